The van der Waals surface area contributed by atoms with Gasteiger partial charge in [-0.1, -0.05) is 52.2 Å². The van der Waals surface area contributed by atoms with Crippen LogP contribution in [0.2, 0.25) is 0 Å². The lowest BCUT2D eigenvalue weighted by atomic mass is 10.0. The number of unbranched alkanes of at least 4 members (excludes halogenated alkanes) is 2. The SMILES string of the molecule is CC/C=C\CCOC=C(C)CCCCCC(C)C. The van der Waals surface area contributed by atoms with Crippen LogP contribution in [0.3, 0.4) is 0 Å². The van der Waals surface area contributed by atoms with Crippen molar-refractivity contribution in [1.29, 1.82) is 0 Å². The summed E-state index contributed by atoms with van der Waals surface area (Å²) in [5.74, 6) is 0.848. The van der Waals surface area contributed by atoms with Crippen molar-refractivity contribution in [3.63, 3.8) is 0 Å². The third kappa shape index (κ3) is 13.3. The molecular weight excluding hydrogens is 220 g/mol. The van der Waals surface area contributed by atoms with E-state index in [4.69, 9.17) is 4.74 Å². The molecule has 0 saturated carbocycles. The Labute approximate surface area is 114 Å². The first-order valence-electron chi connectivity index (χ1n) is 7.59. The lowest BCUT2D eigenvalue weighted by Gasteiger charge is -2.05. The summed E-state index contributed by atoms with van der Waals surface area (Å²) >= 11 is 0. The first kappa shape index (κ1) is 17.3. The van der Waals surface area contributed by atoms with Crippen LogP contribution in [0.5, 0.6) is 0 Å². The van der Waals surface area contributed by atoms with Gasteiger partial charge < -0.3 is 4.74 Å². The molecule has 0 radical (unpaired) electrons. The van der Waals surface area contributed by atoms with E-state index in [9.17, 15) is 0 Å². The predicted octanol–water partition coefficient (Wildman–Crippen LogP) is 5.87. The highest BCUT2D eigenvalue weighted by Gasteiger charge is 1.95. The minimum atomic E-state index is 0.807. The molecule has 0 saturated heterocycles. The molecule has 0 aliphatic heterocycles. The Kier molecular flexibility index (Phi) is 12.2. The van der Waals surface area contributed by atoms with Crippen LogP contribution in [0, 0.1) is 5.92 Å². The molecule has 0 heterocycles. The zero-order chi connectivity index (χ0) is 13.6. The Morgan fingerprint density at radius 1 is 1.11 bits per heavy atom. The van der Waals surface area contributed by atoms with Crippen molar-refractivity contribution in [3.05, 3.63) is 24.0 Å². The van der Waals surface area contributed by atoms with Gasteiger partial charge in [-0.15, -0.1) is 0 Å². The standard InChI is InChI=1S/C17H32O/c1-5-6-7-11-14-18-15-17(4)13-10-8-9-12-16(2)3/h6-7,15-16H,5,8-14H2,1-4H3/b7-6-,17-15?. The molecule has 0 aromatic heterocycles. The molecule has 0 spiro atoms. The van der Waals surface area contributed by atoms with Crippen LogP contribution in [0.25, 0.3) is 0 Å². The first-order valence-corrected chi connectivity index (χ1v) is 7.59. The highest BCUT2D eigenvalue weighted by atomic mass is 16.5. The van der Waals surface area contributed by atoms with E-state index in [1.807, 2.05) is 6.26 Å². The Morgan fingerprint density at radius 2 is 1.89 bits per heavy atom. The summed E-state index contributed by atoms with van der Waals surface area (Å²) in [6, 6.07) is 0. The van der Waals surface area contributed by atoms with E-state index >= 15 is 0 Å². The van der Waals surface area contributed by atoms with Crippen molar-refractivity contribution in [2.45, 2.75) is 72.6 Å². The summed E-state index contributed by atoms with van der Waals surface area (Å²) in [4.78, 5) is 0. The molecule has 0 aromatic rings. The zero-order valence-corrected chi connectivity index (χ0v) is 12.9. The van der Waals surface area contributed by atoms with Crippen LogP contribution in [-0.4, -0.2) is 6.61 Å². The van der Waals surface area contributed by atoms with E-state index in [1.54, 1.807) is 0 Å². The monoisotopic (exact) mass is 252 g/mol. The lowest BCUT2D eigenvalue weighted by Crippen LogP contribution is -1.89. The van der Waals surface area contributed by atoms with Gasteiger partial charge in [0.15, 0.2) is 0 Å². The molecule has 0 fully saturated rings. The second-order valence-electron chi connectivity index (χ2n) is 5.50. The third-order valence-electron chi connectivity index (χ3n) is 2.94. The molecule has 18 heavy (non-hydrogen) atoms. The van der Waals surface area contributed by atoms with Crippen molar-refractivity contribution in [2.75, 3.05) is 6.61 Å². The fourth-order valence-electron chi connectivity index (χ4n) is 1.81. The number of allylic oxidation sites excluding steroid dienone is 2. The second-order valence-corrected chi connectivity index (χ2v) is 5.50. The molecule has 0 atom stereocenters. The Balaban J connectivity index is 3.39. The van der Waals surface area contributed by atoms with E-state index < -0.39 is 0 Å². The van der Waals surface area contributed by atoms with Crippen molar-refractivity contribution < 1.29 is 4.74 Å². The predicted molar refractivity (Wildman–Crippen MR) is 81.7 cm³/mol. The van der Waals surface area contributed by atoms with Gasteiger partial charge in [-0.3, -0.25) is 0 Å². The number of hydrogen-bond donors (Lipinski definition) is 0. The Morgan fingerprint density at radius 3 is 2.56 bits per heavy atom. The largest absolute Gasteiger partial charge is 0.501 e. The number of hydrogen-bond acceptors (Lipinski definition) is 1. The van der Waals surface area contributed by atoms with Crippen LogP contribution in [0.15, 0.2) is 24.0 Å². The van der Waals surface area contributed by atoms with E-state index in [-0.39, 0.29) is 0 Å². The molecule has 0 bridgehead atoms. The molecule has 0 N–H and O–H groups in total. The molecule has 0 aliphatic carbocycles. The third-order valence-corrected chi connectivity index (χ3v) is 2.94. The highest BCUT2D eigenvalue weighted by Crippen LogP contribution is 2.12. The summed E-state index contributed by atoms with van der Waals surface area (Å²) in [6.07, 6.45) is 15.0. The van der Waals surface area contributed by atoms with Gasteiger partial charge in [0.05, 0.1) is 12.9 Å². The van der Waals surface area contributed by atoms with Crippen molar-refractivity contribution in [3.8, 4) is 0 Å². The average Bonchev–Trinajstić information content (AvgIpc) is 2.33. The molecule has 0 unspecified atom stereocenters. The van der Waals surface area contributed by atoms with Crippen LogP contribution >= 0.6 is 0 Å². The van der Waals surface area contributed by atoms with Crippen LogP contribution in [0.1, 0.15) is 72.6 Å². The molecule has 1 nitrogen and oxygen atoms in total. The van der Waals surface area contributed by atoms with Gasteiger partial charge >= 0.3 is 0 Å². The minimum absolute atomic E-state index is 0.807. The molecule has 0 aliphatic rings. The molecular formula is C17H32O. The second kappa shape index (κ2) is 12.7. The average molecular weight is 252 g/mol. The maximum absolute atomic E-state index is 5.52. The molecule has 106 valence electrons. The van der Waals surface area contributed by atoms with E-state index in [0.717, 1.165) is 25.4 Å². The first-order chi connectivity index (χ1) is 8.66. The summed E-state index contributed by atoms with van der Waals surface area (Å²) < 4.78 is 5.52. The molecule has 1 heteroatoms. The zero-order valence-electron chi connectivity index (χ0n) is 12.9. The number of rotatable bonds is 11. The van der Waals surface area contributed by atoms with Gasteiger partial charge in [0, 0.05) is 0 Å². The molecule has 0 rings (SSSR count). The maximum Gasteiger partial charge on any atom is 0.0907 e. The summed E-state index contributed by atoms with van der Waals surface area (Å²) in [6.45, 7) is 9.73. The molecule has 0 amide bonds. The van der Waals surface area contributed by atoms with Crippen molar-refractivity contribution in [1.82, 2.24) is 0 Å². The van der Waals surface area contributed by atoms with Crippen LogP contribution < -0.4 is 0 Å². The quantitative estimate of drug-likeness (QED) is 0.254. The van der Waals surface area contributed by atoms with Gasteiger partial charge in [0.25, 0.3) is 0 Å². The van der Waals surface area contributed by atoms with Crippen molar-refractivity contribution in [2.24, 2.45) is 5.92 Å². The summed E-state index contributed by atoms with van der Waals surface area (Å²) in [7, 11) is 0. The Hall–Kier alpha value is -0.720. The van der Waals surface area contributed by atoms with Crippen LogP contribution in [-0.2, 0) is 4.74 Å². The van der Waals surface area contributed by atoms with E-state index in [2.05, 4.69) is 39.8 Å². The minimum Gasteiger partial charge on any atom is -0.501 e. The van der Waals surface area contributed by atoms with Gasteiger partial charge in [0.2, 0.25) is 0 Å². The maximum atomic E-state index is 5.52. The highest BCUT2D eigenvalue weighted by molar-refractivity contribution is 4.92. The van der Waals surface area contributed by atoms with E-state index in [1.165, 1.54) is 37.7 Å². The fraction of sp³-hybridized carbons (Fsp3) is 0.765. The molecule has 0 aromatic carbocycles. The van der Waals surface area contributed by atoms with Gasteiger partial charge in [-0.25, -0.2) is 0 Å². The van der Waals surface area contributed by atoms with Gasteiger partial charge in [-0.2, -0.15) is 0 Å². The number of ether oxygens (including phenoxy) is 1. The smallest absolute Gasteiger partial charge is 0.0907 e. The normalized spacial score (nSPS) is 12.6. The topological polar surface area (TPSA) is 9.23 Å². The van der Waals surface area contributed by atoms with E-state index in [0.29, 0.717) is 0 Å². The van der Waals surface area contributed by atoms with Gasteiger partial charge in [0.1, 0.15) is 0 Å². The van der Waals surface area contributed by atoms with Crippen LogP contribution in [0.4, 0.5) is 0 Å². The summed E-state index contributed by atoms with van der Waals surface area (Å²) in [5.41, 5.74) is 1.37. The lowest BCUT2D eigenvalue weighted by molar-refractivity contribution is 0.252. The summed E-state index contributed by atoms with van der Waals surface area (Å²) in [5, 5.41) is 0. The Bertz CT molecular complexity index is 226. The fourth-order valence-corrected chi connectivity index (χ4v) is 1.81. The van der Waals surface area contributed by atoms with Gasteiger partial charge in [-0.05, 0) is 44.1 Å². The van der Waals surface area contributed by atoms with Crippen molar-refractivity contribution >= 4 is 0 Å².